The Morgan fingerprint density at radius 1 is 1.07 bits per heavy atom. The van der Waals surface area contributed by atoms with Crippen LogP contribution in [0.15, 0.2) is 47.5 Å². The zero-order valence-corrected chi connectivity index (χ0v) is 14.9. The van der Waals surface area contributed by atoms with Crippen LogP contribution in [-0.2, 0) is 13.1 Å². The van der Waals surface area contributed by atoms with Crippen LogP contribution in [0, 0.1) is 0 Å². The van der Waals surface area contributed by atoms with Crippen LogP contribution in [0.5, 0.6) is 17.2 Å². The van der Waals surface area contributed by atoms with Crippen molar-refractivity contribution in [3.05, 3.63) is 53.6 Å². The molecule has 0 spiro atoms. The van der Waals surface area contributed by atoms with Gasteiger partial charge in [0.25, 0.3) is 6.43 Å². The van der Waals surface area contributed by atoms with E-state index in [2.05, 4.69) is 15.6 Å². The fourth-order valence-electron chi connectivity index (χ4n) is 2.55. The summed E-state index contributed by atoms with van der Waals surface area (Å²) < 4.78 is 40.2. The summed E-state index contributed by atoms with van der Waals surface area (Å²) >= 11 is 0. The van der Waals surface area contributed by atoms with Gasteiger partial charge in [-0.3, -0.25) is 4.99 Å². The number of aliphatic imine (C=N–C) groups is 1. The summed E-state index contributed by atoms with van der Waals surface area (Å²) in [6.07, 6.45) is -2.49. The van der Waals surface area contributed by atoms with Crippen LogP contribution in [-0.4, -0.2) is 32.8 Å². The van der Waals surface area contributed by atoms with Crippen LogP contribution in [0.1, 0.15) is 11.1 Å². The van der Waals surface area contributed by atoms with E-state index in [4.69, 9.17) is 14.2 Å². The Morgan fingerprint density at radius 3 is 2.56 bits per heavy atom. The number of nitrogens with zero attached hydrogens (tertiary/aromatic N) is 1. The van der Waals surface area contributed by atoms with Crippen molar-refractivity contribution in [2.24, 2.45) is 4.99 Å². The molecular weight excluding hydrogens is 356 g/mol. The molecule has 0 aliphatic carbocycles. The van der Waals surface area contributed by atoms with Crippen LogP contribution in [0.2, 0.25) is 0 Å². The molecular formula is C19H21F2N3O3. The molecule has 144 valence electrons. The number of halogens is 2. The van der Waals surface area contributed by atoms with Crippen molar-refractivity contribution in [2.45, 2.75) is 19.5 Å². The zero-order valence-electron chi connectivity index (χ0n) is 14.9. The average molecular weight is 377 g/mol. The fraction of sp³-hybridized carbons (Fsp3) is 0.316. The van der Waals surface area contributed by atoms with E-state index >= 15 is 0 Å². The van der Waals surface area contributed by atoms with E-state index in [0.29, 0.717) is 24.8 Å². The van der Waals surface area contributed by atoms with Crippen LogP contribution < -0.4 is 24.8 Å². The number of benzene rings is 2. The van der Waals surface area contributed by atoms with Gasteiger partial charge >= 0.3 is 0 Å². The summed E-state index contributed by atoms with van der Waals surface area (Å²) in [7, 11) is 1.68. The molecule has 1 aliphatic rings. The van der Waals surface area contributed by atoms with Gasteiger partial charge in [-0.15, -0.1) is 0 Å². The molecule has 1 heterocycles. The van der Waals surface area contributed by atoms with Crippen LogP contribution >= 0.6 is 0 Å². The maximum atomic E-state index is 12.2. The van der Waals surface area contributed by atoms with Gasteiger partial charge in [-0.25, -0.2) is 8.78 Å². The first-order valence-electron chi connectivity index (χ1n) is 8.47. The Morgan fingerprint density at radius 2 is 1.81 bits per heavy atom. The molecule has 2 N–H and O–H groups in total. The molecule has 2 aromatic rings. The van der Waals surface area contributed by atoms with Gasteiger partial charge in [0.05, 0.1) is 0 Å². The van der Waals surface area contributed by atoms with E-state index in [1.807, 2.05) is 24.3 Å². The summed E-state index contributed by atoms with van der Waals surface area (Å²) in [5.41, 5.74) is 1.93. The van der Waals surface area contributed by atoms with Gasteiger partial charge in [0.2, 0.25) is 6.79 Å². The lowest BCUT2D eigenvalue weighted by Gasteiger charge is -2.13. The van der Waals surface area contributed by atoms with Crippen molar-refractivity contribution in [3.63, 3.8) is 0 Å². The second-order valence-electron chi connectivity index (χ2n) is 5.82. The van der Waals surface area contributed by atoms with E-state index < -0.39 is 13.0 Å². The number of hydrogen-bond donors (Lipinski definition) is 2. The number of hydrogen-bond acceptors (Lipinski definition) is 4. The third kappa shape index (κ3) is 5.47. The van der Waals surface area contributed by atoms with Crippen molar-refractivity contribution in [1.29, 1.82) is 0 Å². The Balaban J connectivity index is 1.50. The number of rotatable bonds is 7. The largest absolute Gasteiger partial charge is 0.488 e. The highest BCUT2D eigenvalue weighted by Gasteiger charge is 2.13. The van der Waals surface area contributed by atoms with E-state index in [9.17, 15) is 8.78 Å². The summed E-state index contributed by atoms with van der Waals surface area (Å²) in [4.78, 5) is 4.18. The molecule has 8 heteroatoms. The van der Waals surface area contributed by atoms with Crippen molar-refractivity contribution in [1.82, 2.24) is 10.6 Å². The molecule has 0 fully saturated rings. The first-order chi connectivity index (χ1) is 13.1. The number of alkyl halides is 2. The molecule has 27 heavy (non-hydrogen) atoms. The highest BCUT2D eigenvalue weighted by molar-refractivity contribution is 5.79. The van der Waals surface area contributed by atoms with E-state index in [-0.39, 0.29) is 6.79 Å². The molecule has 6 nitrogen and oxygen atoms in total. The molecule has 1 aliphatic heterocycles. The Hall–Kier alpha value is -3.03. The average Bonchev–Trinajstić information content (AvgIpc) is 3.14. The molecule has 0 saturated heterocycles. The molecule has 0 amide bonds. The topological polar surface area (TPSA) is 64.1 Å². The van der Waals surface area contributed by atoms with Crippen molar-refractivity contribution >= 4 is 5.96 Å². The summed E-state index contributed by atoms with van der Waals surface area (Å²) in [6.45, 7) is 0.672. The lowest BCUT2D eigenvalue weighted by molar-refractivity contribution is 0.0818. The first-order valence-corrected chi connectivity index (χ1v) is 8.47. The van der Waals surface area contributed by atoms with Crippen molar-refractivity contribution in [2.75, 3.05) is 20.4 Å². The van der Waals surface area contributed by atoms with Gasteiger partial charge in [0, 0.05) is 20.1 Å². The number of ether oxygens (including phenoxy) is 3. The first kappa shape index (κ1) is 18.8. The van der Waals surface area contributed by atoms with E-state index in [1.54, 1.807) is 25.2 Å². The fourth-order valence-corrected chi connectivity index (χ4v) is 2.55. The monoisotopic (exact) mass is 377 g/mol. The van der Waals surface area contributed by atoms with Gasteiger partial charge in [-0.2, -0.15) is 0 Å². The van der Waals surface area contributed by atoms with Crippen LogP contribution in [0.4, 0.5) is 8.78 Å². The maximum Gasteiger partial charge on any atom is 0.272 e. The second-order valence-corrected chi connectivity index (χ2v) is 5.82. The highest BCUT2D eigenvalue weighted by atomic mass is 19.3. The van der Waals surface area contributed by atoms with Gasteiger partial charge in [-0.1, -0.05) is 18.2 Å². The summed E-state index contributed by atoms with van der Waals surface area (Å²) in [5, 5.41) is 6.39. The van der Waals surface area contributed by atoms with Crippen molar-refractivity contribution < 1.29 is 23.0 Å². The number of nitrogens with one attached hydrogen (secondary N) is 2. The zero-order chi connectivity index (χ0) is 19.1. The smallest absolute Gasteiger partial charge is 0.272 e. The predicted molar refractivity (Wildman–Crippen MR) is 97.5 cm³/mol. The van der Waals surface area contributed by atoms with E-state index in [0.717, 1.165) is 22.6 Å². The van der Waals surface area contributed by atoms with Crippen LogP contribution in [0.3, 0.4) is 0 Å². The normalized spacial score (nSPS) is 13.0. The van der Waals surface area contributed by atoms with Gasteiger partial charge in [-0.05, 0) is 35.4 Å². The van der Waals surface area contributed by atoms with E-state index in [1.165, 1.54) is 0 Å². The minimum Gasteiger partial charge on any atom is -0.488 e. The standard InChI is InChI=1S/C19H21F2N3O3/c1-22-19(24-10-14-5-6-16-17(8-14)27-12-26-16)23-9-13-3-2-4-15(7-13)25-11-18(20)21/h2-8,18H,9-12H2,1H3,(H2,22,23,24). The quantitative estimate of drug-likeness (QED) is 0.574. The molecule has 0 bridgehead atoms. The minimum absolute atomic E-state index is 0.246. The van der Waals surface area contributed by atoms with Gasteiger partial charge in [0.1, 0.15) is 12.4 Å². The Bertz CT molecular complexity index is 800. The third-order valence-corrected chi connectivity index (χ3v) is 3.85. The molecule has 0 atom stereocenters. The minimum atomic E-state index is -2.49. The third-order valence-electron chi connectivity index (χ3n) is 3.85. The second kappa shape index (κ2) is 9.07. The molecule has 0 saturated carbocycles. The summed E-state index contributed by atoms with van der Waals surface area (Å²) in [5.74, 6) is 2.51. The molecule has 2 aromatic carbocycles. The SMILES string of the molecule is CN=C(NCc1cccc(OCC(F)F)c1)NCc1ccc2c(c1)OCO2. The maximum absolute atomic E-state index is 12.2. The Kier molecular flexibility index (Phi) is 6.30. The van der Waals surface area contributed by atoms with Crippen molar-refractivity contribution in [3.8, 4) is 17.2 Å². The molecule has 0 unspecified atom stereocenters. The molecule has 0 aromatic heterocycles. The Labute approximate surface area is 156 Å². The van der Waals surface area contributed by atoms with Gasteiger partial charge < -0.3 is 24.8 Å². The number of guanidine groups is 1. The van der Waals surface area contributed by atoms with Crippen LogP contribution in [0.25, 0.3) is 0 Å². The van der Waals surface area contributed by atoms with Gasteiger partial charge in [0.15, 0.2) is 17.5 Å². The predicted octanol–water partition coefficient (Wildman–Crippen LogP) is 2.92. The number of fused-ring (bicyclic) bond motifs is 1. The lowest BCUT2D eigenvalue weighted by Crippen LogP contribution is -2.36. The highest BCUT2D eigenvalue weighted by Crippen LogP contribution is 2.32. The molecule has 3 rings (SSSR count). The summed E-state index contributed by atoms with van der Waals surface area (Å²) in [6, 6.07) is 12.8. The molecule has 0 radical (unpaired) electrons. The lowest BCUT2D eigenvalue weighted by atomic mass is 10.2.